The molecule has 1 fully saturated rings. The minimum Gasteiger partial charge on any atom is -0.339 e. The fourth-order valence-corrected chi connectivity index (χ4v) is 1.59. The molecule has 0 bridgehead atoms. The third-order valence-electron chi connectivity index (χ3n) is 2.15. The molecule has 0 radical (unpaired) electrons. The van der Waals surface area contributed by atoms with Crippen LogP contribution < -0.4 is 10.2 Å². The second kappa shape index (κ2) is 4.52. The standard InChI is InChI=1S/C8H12ClN5/c9-7-11-6-12-8(13-7)14-4-1-2-10-3-5-14/h6,10H,1-5H2. The zero-order valence-electron chi connectivity index (χ0n) is 7.78. The Hall–Kier alpha value is -0.940. The number of hydrogen-bond acceptors (Lipinski definition) is 5. The van der Waals surface area contributed by atoms with Crippen LogP contribution in [0.1, 0.15) is 6.42 Å². The number of anilines is 1. The van der Waals surface area contributed by atoms with Crippen LogP contribution in [0.5, 0.6) is 0 Å². The lowest BCUT2D eigenvalue weighted by atomic mass is 10.4. The van der Waals surface area contributed by atoms with Gasteiger partial charge >= 0.3 is 0 Å². The van der Waals surface area contributed by atoms with E-state index in [9.17, 15) is 0 Å². The van der Waals surface area contributed by atoms with Crippen molar-refractivity contribution < 1.29 is 0 Å². The molecule has 1 aliphatic heterocycles. The third-order valence-corrected chi connectivity index (χ3v) is 2.33. The van der Waals surface area contributed by atoms with E-state index >= 15 is 0 Å². The molecule has 2 heterocycles. The fraction of sp³-hybridized carbons (Fsp3) is 0.625. The largest absolute Gasteiger partial charge is 0.339 e. The first kappa shape index (κ1) is 9.61. The molecule has 2 rings (SSSR count). The normalized spacial score (nSPS) is 17.9. The van der Waals surface area contributed by atoms with Gasteiger partial charge in [-0.2, -0.15) is 4.98 Å². The van der Waals surface area contributed by atoms with Crippen LogP contribution in [0, 0.1) is 0 Å². The summed E-state index contributed by atoms with van der Waals surface area (Å²) in [7, 11) is 0. The van der Waals surface area contributed by atoms with Crippen LogP contribution in [0.3, 0.4) is 0 Å². The molecule has 0 aliphatic carbocycles. The van der Waals surface area contributed by atoms with Crippen LogP contribution in [0.15, 0.2) is 6.33 Å². The van der Waals surface area contributed by atoms with Crippen molar-refractivity contribution >= 4 is 17.5 Å². The molecule has 1 aromatic rings. The summed E-state index contributed by atoms with van der Waals surface area (Å²) >= 11 is 5.70. The Kier molecular flexibility index (Phi) is 3.10. The second-order valence-corrected chi connectivity index (χ2v) is 3.48. The van der Waals surface area contributed by atoms with Gasteiger partial charge in [0, 0.05) is 19.6 Å². The van der Waals surface area contributed by atoms with E-state index in [2.05, 4.69) is 25.2 Å². The van der Waals surface area contributed by atoms with Gasteiger partial charge in [-0.1, -0.05) is 0 Å². The number of rotatable bonds is 1. The molecule has 1 aliphatic rings. The molecule has 5 nitrogen and oxygen atoms in total. The predicted octanol–water partition coefficient (Wildman–Crippen LogP) is 0.325. The summed E-state index contributed by atoms with van der Waals surface area (Å²) in [5, 5.41) is 3.57. The topological polar surface area (TPSA) is 53.9 Å². The average molecular weight is 214 g/mol. The smallest absolute Gasteiger partial charge is 0.229 e. The average Bonchev–Trinajstić information content (AvgIpc) is 2.45. The van der Waals surface area contributed by atoms with Gasteiger partial charge < -0.3 is 10.2 Å². The molecular weight excluding hydrogens is 202 g/mol. The van der Waals surface area contributed by atoms with Gasteiger partial charge in [0.1, 0.15) is 6.33 Å². The van der Waals surface area contributed by atoms with Crippen molar-refractivity contribution in [3.8, 4) is 0 Å². The van der Waals surface area contributed by atoms with Gasteiger partial charge in [0.05, 0.1) is 0 Å². The Balaban J connectivity index is 2.12. The van der Waals surface area contributed by atoms with E-state index in [1.807, 2.05) is 0 Å². The van der Waals surface area contributed by atoms with Crippen molar-refractivity contribution in [2.75, 3.05) is 31.1 Å². The lowest BCUT2D eigenvalue weighted by Crippen LogP contribution is -2.29. The highest BCUT2D eigenvalue weighted by Crippen LogP contribution is 2.09. The van der Waals surface area contributed by atoms with Crippen LogP contribution in [0.25, 0.3) is 0 Å². The van der Waals surface area contributed by atoms with Gasteiger partial charge in [-0.3, -0.25) is 0 Å². The second-order valence-electron chi connectivity index (χ2n) is 3.15. The van der Waals surface area contributed by atoms with E-state index in [1.165, 1.54) is 6.33 Å². The zero-order chi connectivity index (χ0) is 9.80. The molecule has 6 heteroatoms. The quantitative estimate of drug-likeness (QED) is 0.729. The summed E-state index contributed by atoms with van der Waals surface area (Å²) in [5.74, 6) is 0.675. The molecule has 0 atom stereocenters. The van der Waals surface area contributed by atoms with Gasteiger partial charge in [-0.15, -0.1) is 0 Å². The van der Waals surface area contributed by atoms with E-state index in [0.29, 0.717) is 5.95 Å². The Labute approximate surface area is 87.5 Å². The van der Waals surface area contributed by atoms with Gasteiger partial charge in [0.2, 0.25) is 11.2 Å². The highest BCUT2D eigenvalue weighted by atomic mass is 35.5. The maximum atomic E-state index is 5.70. The number of halogens is 1. The molecule has 0 aromatic carbocycles. The van der Waals surface area contributed by atoms with Crippen molar-refractivity contribution in [3.05, 3.63) is 11.6 Å². The fourth-order valence-electron chi connectivity index (χ4n) is 1.47. The molecular formula is C8H12ClN5. The maximum absolute atomic E-state index is 5.70. The monoisotopic (exact) mass is 213 g/mol. The SMILES string of the molecule is Clc1ncnc(N2CCCNCC2)n1. The number of nitrogens with zero attached hydrogens (tertiary/aromatic N) is 4. The van der Waals surface area contributed by atoms with Crippen LogP contribution in [0.4, 0.5) is 5.95 Å². The van der Waals surface area contributed by atoms with Gasteiger partial charge in [0.15, 0.2) is 0 Å². The summed E-state index contributed by atoms with van der Waals surface area (Å²) in [4.78, 5) is 14.1. The molecule has 0 amide bonds. The maximum Gasteiger partial charge on any atom is 0.229 e. The zero-order valence-corrected chi connectivity index (χ0v) is 8.54. The molecule has 0 saturated carbocycles. The molecule has 0 unspecified atom stereocenters. The summed E-state index contributed by atoms with van der Waals surface area (Å²) < 4.78 is 0. The van der Waals surface area contributed by atoms with Crippen molar-refractivity contribution in [1.29, 1.82) is 0 Å². The first-order valence-electron chi connectivity index (χ1n) is 4.66. The minimum absolute atomic E-state index is 0.257. The van der Waals surface area contributed by atoms with Crippen LogP contribution in [-0.4, -0.2) is 41.1 Å². The highest BCUT2D eigenvalue weighted by molar-refractivity contribution is 6.28. The van der Waals surface area contributed by atoms with Crippen LogP contribution in [0.2, 0.25) is 5.28 Å². The number of nitrogens with one attached hydrogen (secondary N) is 1. The third kappa shape index (κ3) is 2.30. The highest BCUT2D eigenvalue weighted by Gasteiger charge is 2.11. The molecule has 1 saturated heterocycles. The van der Waals surface area contributed by atoms with Gasteiger partial charge in [-0.25, -0.2) is 9.97 Å². The molecule has 14 heavy (non-hydrogen) atoms. The van der Waals surface area contributed by atoms with E-state index in [-0.39, 0.29) is 5.28 Å². The molecule has 1 aromatic heterocycles. The predicted molar refractivity (Wildman–Crippen MR) is 54.5 cm³/mol. The van der Waals surface area contributed by atoms with Crippen molar-refractivity contribution in [3.63, 3.8) is 0 Å². The van der Waals surface area contributed by atoms with Crippen molar-refractivity contribution in [2.45, 2.75) is 6.42 Å². The Morgan fingerprint density at radius 1 is 1.29 bits per heavy atom. The van der Waals surface area contributed by atoms with Crippen molar-refractivity contribution in [1.82, 2.24) is 20.3 Å². The summed E-state index contributed by atoms with van der Waals surface area (Å²) in [6.45, 7) is 3.90. The van der Waals surface area contributed by atoms with Crippen LogP contribution in [-0.2, 0) is 0 Å². The first-order chi connectivity index (χ1) is 6.86. The summed E-state index contributed by atoms with van der Waals surface area (Å²) in [6.07, 6.45) is 2.55. The molecule has 0 spiro atoms. The first-order valence-corrected chi connectivity index (χ1v) is 5.04. The van der Waals surface area contributed by atoms with Crippen molar-refractivity contribution in [2.24, 2.45) is 0 Å². The van der Waals surface area contributed by atoms with E-state index in [4.69, 9.17) is 11.6 Å². The van der Waals surface area contributed by atoms with Gasteiger partial charge in [0.25, 0.3) is 0 Å². The van der Waals surface area contributed by atoms with Crippen LogP contribution >= 0.6 is 11.6 Å². The van der Waals surface area contributed by atoms with E-state index in [1.54, 1.807) is 0 Å². The lowest BCUT2D eigenvalue weighted by Gasteiger charge is -2.18. The van der Waals surface area contributed by atoms with E-state index in [0.717, 1.165) is 32.6 Å². The number of aromatic nitrogens is 3. The Morgan fingerprint density at radius 2 is 2.21 bits per heavy atom. The van der Waals surface area contributed by atoms with Gasteiger partial charge in [-0.05, 0) is 24.6 Å². The Morgan fingerprint density at radius 3 is 3.07 bits per heavy atom. The minimum atomic E-state index is 0.257. The molecule has 1 N–H and O–H groups in total. The number of hydrogen-bond donors (Lipinski definition) is 1. The molecule has 76 valence electrons. The summed E-state index contributed by atoms with van der Waals surface area (Å²) in [6, 6.07) is 0. The lowest BCUT2D eigenvalue weighted by molar-refractivity contribution is 0.724. The Bertz CT molecular complexity index is 298. The van der Waals surface area contributed by atoms with E-state index < -0.39 is 0 Å². The summed E-state index contributed by atoms with van der Waals surface area (Å²) in [5.41, 5.74) is 0.